The number of ketones is 2. The van der Waals surface area contributed by atoms with Gasteiger partial charge in [-0.25, -0.2) is 0 Å². The maximum atomic E-state index is 12.5. The molecule has 0 atom stereocenters. The van der Waals surface area contributed by atoms with Gasteiger partial charge in [0.05, 0.1) is 6.10 Å². The van der Waals surface area contributed by atoms with Crippen LogP contribution in [0, 0.1) is 5.92 Å². The molecule has 3 rings (SSSR count). The summed E-state index contributed by atoms with van der Waals surface area (Å²) >= 11 is 0. The summed E-state index contributed by atoms with van der Waals surface area (Å²) in [5.74, 6) is 1.46. The van der Waals surface area contributed by atoms with Crippen LogP contribution in [0.4, 0.5) is 0 Å². The van der Waals surface area contributed by atoms with Crippen molar-refractivity contribution in [2.75, 3.05) is 0 Å². The molecule has 0 N–H and O–H groups in total. The van der Waals surface area contributed by atoms with E-state index in [9.17, 15) is 9.59 Å². The van der Waals surface area contributed by atoms with Crippen LogP contribution < -0.4 is 4.74 Å². The molecule has 0 heterocycles. The summed E-state index contributed by atoms with van der Waals surface area (Å²) in [5, 5.41) is 0. The summed E-state index contributed by atoms with van der Waals surface area (Å²) in [5.41, 5.74) is 1.84. The zero-order valence-corrected chi connectivity index (χ0v) is 15.3. The lowest BCUT2D eigenvalue weighted by Gasteiger charge is -2.28. The van der Waals surface area contributed by atoms with Crippen LogP contribution in [0.25, 0.3) is 0 Å². The lowest BCUT2D eigenvalue weighted by atomic mass is 9.82. The molecule has 26 heavy (non-hydrogen) atoms. The lowest BCUT2D eigenvalue weighted by Crippen LogP contribution is -2.28. The first-order valence-electron chi connectivity index (χ1n) is 9.52. The standard InChI is InChI=1S/C23H26O3/c1-2-20(24)16-17-8-12-21(13-9-17)26-22-14-10-19(11-15-22)23(25)18-6-4-3-5-7-18/h3-9,12-13,19,22H,2,10-11,14-16H2,1H3. The predicted molar refractivity (Wildman–Crippen MR) is 103 cm³/mol. The fourth-order valence-electron chi connectivity index (χ4n) is 3.51. The minimum Gasteiger partial charge on any atom is -0.490 e. The van der Waals surface area contributed by atoms with E-state index in [1.54, 1.807) is 0 Å². The Hall–Kier alpha value is -2.42. The number of hydrogen-bond acceptors (Lipinski definition) is 3. The number of carbonyl (C=O) groups excluding carboxylic acids is 2. The van der Waals surface area contributed by atoms with Gasteiger partial charge in [0.2, 0.25) is 0 Å². The Bertz CT molecular complexity index is 726. The molecule has 3 nitrogen and oxygen atoms in total. The van der Waals surface area contributed by atoms with Gasteiger partial charge in [-0.2, -0.15) is 0 Å². The highest BCUT2D eigenvalue weighted by atomic mass is 16.5. The molecule has 1 aliphatic carbocycles. The number of rotatable bonds is 7. The number of benzene rings is 2. The van der Waals surface area contributed by atoms with E-state index in [0.717, 1.165) is 42.6 Å². The minimum absolute atomic E-state index is 0.111. The first kappa shape index (κ1) is 18.4. The molecule has 1 aliphatic rings. The van der Waals surface area contributed by atoms with Gasteiger partial charge in [-0.3, -0.25) is 9.59 Å². The highest BCUT2D eigenvalue weighted by Gasteiger charge is 2.27. The predicted octanol–water partition coefficient (Wildman–Crippen LogP) is 5.03. The highest BCUT2D eigenvalue weighted by Crippen LogP contribution is 2.30. The SMILES string of the molecule is CCC(=O)Cc1ccc(OC2CCC(C(=O)c3ccccc3)CC2)cc1. The molecule has 2 aromatic carbocycles. The van der Waals surface area contributed by atoms with Crippen LogP contribution in [0.15, 0.2) is 54.6 Å². The average Bonchev–Trinajstić information content (AvgIpc) is 2.70. The quantitative estimate of drug-likeness (QED) is 0.658. The number of hydrogen-bond donors (Lipinski definition) is 0. The Kier molecular flexibility index (Phi) is 6.21. The van der Waals surface area contributed by atoms with E-state index in [-0.39, 0.29) is 23.6 Å². The maximum absolute atomic E-state index is 12.5. The first-order chi connectivity index (χ1) is 12.7. The zero-order valence-electron chi connectivity index (χ0n) is 15.3. The largest absolute Gasteiger partial charge is 0.490 e. The van der Waals surface area contributed by atoms with E-state index < -0.39 is 0 Å². The third-order valence-corrected chi connectivity index (χ3v) is 5.13. The van der Waals surface area contributed by atoms with Crippen molar-refractivity contribution in [2.24, 2.45) is 5.92 Å². The van der Waals surface area contributed by atoms with Gasteiger partial charge in [-0.05, 0) is 43.4 Å². The first-order valence-corrected chi connectivity index (χ1v) is 9.52. The summed E-state index contributed by atoms with van der Waals surface area (Å²) in [6.45, 7) is 1.89. The molecule has 0 aromatic heterocycles. The Morgan fingerprint density at radius 3 is 2.19 bits per heavy atom. The van der Waals surface area contributed by atoms with Crippen molar-refractivity contribution in [1.82, 2.24) is 0 Å². The summed E-state index contributed by atoms with van der Waals surface area (Å²) in [6.07, 6.45) is 4.78. The van der Waals surface area contributed by atoms with Crippen molar-refractivity contribution in [3.05, 3.63) is 65.7 Å². The molecule has 0 bridgehead atoms. The second kappa shape index (κ2) is 8.79. The normalized spacial score (nSPS) is 19.7. The van der Waals surface area contributed by atoms with E-state index >= 15 is 0 Å². The van der Waals surface area contributed by atoms with Gasteiger partial charge >= 0.3 is 0 Å². The fourth-order valence-corrected chi connectivity index (χ4v) is 3.51. The van der Waals surface area contributed by atoms with E-state index in [1.807, 2.05) is 61.5 Å². The van der Waals surface area contributed by atoms with Gasteiger partial charge in [-0.1, -0.05) is 49.4 Å². The zero-order chi connectivity index (χ0) is 18.4. The Morgan fingerprint density at radius 1 is 0.923 bits per heavy atom. The Labute approximate surface area is 155 Å². The Balaban J connectivity index is 1.49. The molecular formula is C23H26O3. The van der Waals surface area contributed by atoms with E-state index in [4.69, 9.17) is 4.74 Å². The summed E-state index contributed by atoms with van der Waals surface area (Å²) in [7, 11) is 0. The Morgan fingerprint density at radius 2 is 1.58 bits per heavy atom. The molecular weight excluding hydrogens is 324 g/mol. The third-order valence-electron chi connectivity index (χ3n) is 5.13. The molecule has 3 heteroatoms. The van der Waals surface area contributed by atoms with E-state index in [1.165, 1.54) is 0 Å². The summed E-state index contributed by atoms with van der Waals surface area (Å²) < 4.78 is 6.08. The van der Waals surface area contributed by atoms with Gasteiger partial charge in [0.25, 0.3) is 0 Å². The summed E-state index contributed by atoms with van der Waals surface area (Å²) in [4.78, 5) is 24.1. The second-order valence-corrected chi connectivity index (χ2v) is 7.03. The smallest absolute Gasteiger partial charge is 0.165 e. The van der Waals surface area contributed by atoms with Crippen LogP contribution in [0.3, 0.4) is 0 Å². The molecule has 0 saturated heterocycles. The number of ether oxygens (including phenoxy) is 1. The van der Waals surface area contributed by atoms with Gasteiger partial charge < -0.3 is 4.74 Å². The van der Waals surface area contributed by atoms with Crippen molar-refractivity contribution < 1.29 is 14.3 Å². The van der Waals surface area contributed by atoms with Crippen molar-refractivity contribution in [2.45, 2.75) is 51.6 Å². The van der Waals surface area contributed by atoms with Gasteiger partial charge in [-0.15, -0.1) is 0 Å². The topological polar surface area (TPSA) is 43.4 Å². The lowest BCUT2D eigenvalue weighted by molar-refractivity contribution is -0.118. The van der Waals surface area contributed by atoms with Crippen LogP contribution in [-0.2, 0) is 11.2 Å². The molecule has 1 saturated carbocycles. The van der Waals surface area contributed by atoms with Gasteiger partial charge in [0.1, 0.15) is 11.5 Å². The monoisotopic (exact) mass is 350 g/mol. The molecule has 2 aromatic rings. The van der Waals surface area contributed by atoms with Crippen molar-refractivity contribution in [3.63, 3.8) is 0 Å². The molecule has 1 fully saturated rings. The van der Waals surface area contributed by atoms with Gasteiger partial charge in [0, 0.05) is 24.3 Å². The highest BCUT2D eigenvalue weighted by molar-refractivity contribution is 5.97. The fraction of sp³-hybridized carbons (Fsp3) is 0.391. The van der Waals surface area contributed by atoms with Crippen LogP contribution >= 0.6 is 0 Å². The van der Waals surface area contributed by atoms with Crippen molar-refractivity contribution in [1.29, 1.82) is 0 Å². The van der Waals surface area contributed by atoms with E-state index in [2.05, 4.69) is 0 Å². The molecule has 0 aliphatic heterocycles. The minimum atomic E-state index is 0.111. The van der Waals surface area contributed by atoms with Crippen LogP contribution in [0.5, 0.6) is 5.75 Å². The van der Waals surface area contributed by atoms with Crippen LogP contribution in [0.2, 0.25) is 0 Å². The number of carbonyl (C=O) groups is 2. The van der Waals surface area contributed by atoms with Gasteiger partial charge in [0.15, 0.2) is 5.78 Å². The second-order valence-electron chi connectivity index (χ2n) is 7.03. The molecule has 0 spiro atoms. The van der Waals surface area contributed by atoms with E-state index in [0.29, 0.717) is 12.8 Å². The molecule has 136 valence electrons. The number of Topliss-reactive ketones (excluding diaryl/α,β-unsaturated/α-hetero) is 2. The van der Waals surface area contributed by atoms with Crippen LogP contribution in [0.1, 0.15) is 54.9 Å². The third kappa shape index (κ3) is 4.81. The van der Waals surface area contributed by atoms with Crippen molar-refractivity contribution >= 4 is 11.6 Å². The van der Waals surface area contributed by atoms with Crippen molar-refractivity contribution in [3.8, 4) is 5.75 Å². The molecule has 0 amide bonds. The van der Waals surface area contributed by atoms with Crippen LogP contribution in [-0.4, -0.2) is 17.7 Å². The maximum Gasteiger partial charge on any atom is 0.165 e. The summed E-state index contributed by atoms with van der Waals surface area (Å²) in [6, 6.07) is 17.4. The molecule has 0 unspecified atom stereocenters. The average molecular weight is 350 g/mol. The molecule has 0 radical (unpaired) electrons.